The molecule has 0 radical (unpaired) electrons. The molecule has 0 saturated carbocycles. The van der Waals surface area contributed by atoms with Crippen LogP contribution in [0.2, 0.25) is 0 Å². The van der Waals surface area contributed by atoms with Crippen molar-refractivity contribution in [2.45, 2.75) is 16.7 Å². The Kier molecular flexibility index (Phi) is 6.02. The Hall–Kier alpha value is -1.59. The lowest BCUT2D eigenvalue weighted by molar-refractivity contribution is -0.114. The molecule has 1 amide bonds. The molecule has 2 rings (SSSR count). The van der Waals surface area contributed by atoms with E-state index in [1.807, 2.05) is 54.6 Å². The van der Waals surface area contributed by atoms with Crippen molar-refractivity contribution in [1.82, 2.24) is 0 Å². The van der Waals surface area contributed by atoms with Crippen molar-refractivity contribution in [2.24, 2.45) is 0 Å². The summed E-state index contributed by atoms with van der Waals surface area (Å²) in [4.78, 5) is 12.9. The molecule has 2 aromatic rings. The Morgan fingerprint density at radius 1 is 1.10 bits per heavy atom. The summed E-state index contributed by atoms with van der Waals surface area (Å²) in [5.41, 5.74) is 0.791. The third kappa shape index (κ3) is 5.36. The van der Waals surface area contributed by atoms with Gasteiger partial charge in [0.05, 0.1) is 10.8 Å². The van der Waals surface area contributed by atoms with Crippen LogP contribution in [0.1, 0.15) is 6.92 Å². The van der Waals surface area contributed by atoms with Crippen LogP contribution in [0.15, 0.2) is 64.4 Å². The van der Waals surface area contributed by atoms with Gasteiger partial charge in [-0.15, -0.1) is 11.8 Å². The second kappa shape index (κ2) is 8.00. The smallest absolute Gasteiger partial charge is 0.221 e. The molecular formula is C16H17NO2S2. The molecule has 0 aliphatic carbocycles. The Morgan fingerprint density at radius 2 is 1.76 bits per heavy atom. The maximum Gasteiger partial charge on any atom is 0.221 e. The number of hydrogen-bond donors (Lipinski definition) is 1. The van der Waals surface area contributed by atoms with Crippen LogP contribution in [-0.4, -0.2) is 21.6 Å². The Bertz CT molecular complexity index is 612. The van der Waals surface area contributed by atoms with Gasteiger partial charge in [-0.3, -0.25) is 9.00 Å². The fourth-order valence-corrected chi connectivity index (χ4v) is 3.96. The topological polar surface area (TPSA) is 46.2 Å². The van der Waals surface area contributed by atoms with Crippen molar-refractivity contribution in [2.75, 3.05) is 16.8 Å². The maximum atomic E-state index is 12.1. The molecule has 0 bridgehead atoms. The Morgan fingerprint density at radius 3 is 2.38 bits per heavy atom. The number of amides is 1. The van der Waals surface area contributed by atoms with Crippen molar-refractivity contribution in [1.29, 1.82) is 0 Å². The molecule has 0 fully saturated rings. The van der Waals surface area contributed by atoms with Crippen LogP contribution in [0.3, 0.4) is 0 Å². The lowest BCUT2D eigenvalue weighted by Gasteiger charge is -2.05. The van der Waals surface area contributed by atoms with Gasteiger partial charge >= 0.3 is 0 Å². The number of carbonyl (C=O) groups is 1. The number of thioether (sulfide) groups is 1. The average Bonchev–Trinajstić information content (AvgIpc) is 2.49. The minimum Gasteiger partial charge on any atom is -0.326 e. The summed E-state index contributed by atoms with van der Waals surface area (Å²) in [7, 11) is -0.947. The number of nitrogens with one attached hydrogen (secondary N) is 1. The third-order valence-electron chi connectivity index (χ3n) is 2.72. The van der Waals surface area contributed by atoms with Gasteiger partial charge in [-0.2, -0.15) is 0 Å². The second-order valence-electron chi connectivity index (χ2n) is 4.42. The lowest BCUT2D eigenvalue weighted by atomic mass is 10.3. The van der Waals surface area contributed by atoms with E-state index in [1.165, 1.54) is 6.92 Å². The maximum absolute atomic E-state index is 12.1. The van der Waals surface area contributed by atoms with E-state index in [1.54, 1.807) is 11.8 Å². The second-order valence-corrected chi connectivity index (χ2v) is 7.16. The first-order valence-electron chi connectivity index (χ1n) is 6.59. The third-order valence-corrected chi connectivity index (χ3v) is 5.36. The molecule has 0 heterocycles. The summed E-state index contributed by atoms with van der Waals surface area (Å²) in [6.45, 7) is 1.49. The van der Waals surface area contributed by atoms with E-state index >= 15 is 0 Å². The van der Waals surface area contributed by atoms with E-state index in [2.05, 4.69) is 5.32 Å². The largest absolute Gasteiger partial charge is 0.326 e. The number of benzene rings is 2. The van der Waals surface area contributed by atoms with Crippen molar-refractivity contribution in [3.05, 3.63) is 54.6 Å². The van der Waals surface area contributed by atoms with Crippen LogP contribution in [0.25, 0.3) is 0 Å². The summed E-state index contributed by atoms with van der Waals surface area (Å²) in [6.07, 6.45) is 0. The highest BCUT2D eigenvalue weighted by molar-refractivity contribution is 8.00. The number of rotatable bonds is 6. The number of carbonyl (C=O) groups excluding carboxylic acids is 1. The van der Waals surface area contributed by atoms with E-state index in [9.17, 15) is 9.00 Å². The highest BCUT2D eigenvalue weighted by Crippen LogP contribution is 2.21. The summed E-state index contributed by atoms with van der Waals surface area (Å²) >= 11 is 1.67. The Labute approximate surface area is 131 Å². The molecule has 1 atom stereocenters. The minimum absolute atomic E-state index is 0.0753. The standard InChI is InChI=1S/C16H17NO2S2/c1-13(18)17-14-7-9-15(10-8-14)20-11-12-21(19)16-5-3-2-4-6-16/h2-10H,11-12H2,1H3,(H,17,18)/t21-/m0/s1. The van der Waals surface area contributed by atoms with Gasteiger partial charge in [0.1, 0.15) is 0 Å². The fraction of sp³-hybridized carbons (Fsp3) is 0.188. The minimum atomic E-state index is -0.947. The van der Waals surface area contributed by atoms with Crippen molar-refractivity contribution >= 4 is 34.2 Å². The summed E-state index contributed by atoms with van der Waals surface area (Å²) in [5, 5.41) is 2.73. The van der Waals surface area contributed by atoms with Crippen LogP contribution in [0.5, 0.6) is 0 Å². The van der Waals surface area contributed by atoms with Crippen molar-refractivity contribution in [3.8, 4) is 0 Å². The molecule has 0 unspecified atom stereocenters. The number of hydrogen-bond acceptors (Lipinski definition) is 3. The molecule has 0 aliphatic rings. The molecule has 0 aliphatic heterocycles. The van der Waals surface area contributed by atoms with Gasteiger partial charge in [0.25, 0.3) is 0 Å². The van der Waals surface area contributed by atoms with Crippen LogP contribution >= 0.6 is 11.8 Å². The van der Waals surface area contributed by atoms with Gasteiger partial charge < -0.3 is 5.32 Å². The first-order valence-corrected chi connectivity index (χ1v) is 8.89. The van der Waals surface area contributed by atoms with Gasteiger partial charge in [0.15, 0.2) is 0 Å². The predicted molar refractivity (Wildman–Crippen MR) is 89.2 cm³/mol. The average molecular weight is 319 g/mol. The van der Waals surface area contributed by atoms with Crippen molar-refractivity contribution < 1.29 is 9.00 Å². The molecule has 0 spiro atoms. The van der Waals surface area contributed by atoms with Crippen LogP contribution < -0.4 is 5.32 Å². The molecule has 2 aromatic carbocycles. The molecule has 5 heteroatoms. The van der Waals surface area contributed by atoms with E-state index in [0.29, 0.717) is 5.75 Å². The van der Waals surface area contributed by atoms with Crippen molar-refractivity contribution in [3.63, 3.8) is 0 Å². The van der Waals surface area contributed by atoms with Gasteiger partial charge in [-0.1, -0.05) is 18.2 Å². The normalized spacial score (nSPS) is 11.9. The first-order chi connectivity index (χ1) is 10.1. The zero-order valence-corrected chi connectivity index (χ0v) is 13.4. The zero-order chi connectivity index (χ0) is 15.1. The van der Waals surface area contributed by atoms with E-state index < -0.39 is 10.8 Å². The zero-order valence-electron chi connectivity index (χ0n) is 11.7. The molecule has 0 saturated heterocycles. The molecular weight excluding hydrogens is 302 g/mol. The highest BCUT2D eigenvalue weighted by Gasteiger charge is 2.03. The SMILES string of the molecule is CC(=O)Nc1ccc(SCC[S@](=O)c2ccccc2)cc1. The van der Waals surface area contributed by atoms with Gasteiger partial charge in [-0.25, -0.2) is 0 Å². The first kappa shape index (κ1) is 15.8. The highest BCUT2D eigenvalue weighted by atomic mass is 32.2. The summed E-state index contributed by atoms with van der Waals surface area (Å²) in [6, 6.07) is 17.2. The molecule has 110 valence electrons. The van der Waals surface area contributed by atoms with Gasteiger partial charge in [0.2, 0.25) is 5.91 Å². The van der Waals surface area contributed by atoms with Crippen LogP contribution in [0.4, 0.5) is 5.69 Å². The van der Waals surface area contributed by atoms with Gasteiger partial charge in [0, 0.05) is 33.9 Å². The molecule has 0 aromatic heterocycles. The fourth-order valence-electron chi connectivity index (χ4n) is 1.76. The molecule has 21 heavy (non-hydrogen) atoms. The molecule has 3 nitrogen and oxygen atoms in total. The predicted octanol–water partition coefficient (Wildman–Crippen LogP) is 3.54. The van der Waals surface area contributed by atoms with E-state index in [-0.39, 0.29) is 5.91 Å². The Balaban J connectivity index is 1.81. The monoisotopic (exact) mass is 319 g/mol. The summed E-state index contributed by atoms with van der Waals surface area (Å²) < 4.78 is 12.1. The quantitative estimate of drug-likeness (QED) is 0.828. The van der Waals surface area contributed by atoms with E-state index in [4.69, 9.17) is 0 Å². The van der Waals surface area contributed by atoms with E-state index in [0.717, 1.165) is 21.2 Å². The van der Waals surface area contributed by atoms with Crippen LogP contribution in [-0.2, 0) is 15.6 Å². The molecule has 1 N–H and O–H groups in total. The van der Waals surface area contributed by atoms with Gasteiger partial charge in [-0.05, 0) is 36.4 Å². The van der Waals surface area contributed by atoms with Crippen LogP contribution in [0, 0.1) is 0 Å². The number of anilines is 1. The lowest BCUT2D eigenvalue weighted by Crippen LogP contribution is -2.05. The summed E-state index contributed by atoms with van der Waals surface area (Å²) in [5.74, 6) is 1.34.